The number of aromatic nitrogens is 6. The molecule has 0 saturated carbocycles. The van der Waals surface area contributed by atoms with E-state index in [1.165, 1.54) is 0 Å². The van der Waals surface area contributed by atoms with Gasteiger partial charge in [-0.05, 0) is 43.2 Å². The van der Waals surface area contributed by atoms with Gasteiger partial charge in [-0.1, -0.05) is 34.1 Å². The minimum Gasteiger partial charge on any atom is -0.304 e. The molecule has 0 amide bonds. The predicted molar refractivity (Wildman–Crippen MR) is 96.7 cm³/mol. The molecule has 0 saturated heterocycles. The average Bonchev–Trinajstić information content (AvgIpc) is 3.07. The van der Waals surface area contributed by atoms with Crippen LogP contribution in [0.2, 0.25) is 0 Å². The molecule has 2 aromatic rings. The van der Waals surface area contributed by atoms with Gasteiger partial charge in [-0.15, -0.1) is 0 Å². The molecule has 0 aliphatic rings. The molecule has 6 nitrogen and oxygen atoms in total. The Bertz CT molecular complexity index is 679. The van der Waals surface area contributed by atoms with Crippen molar-refractivity contribution in [2.45, 2.75) is 66.0 Å². The smallest absolute Gasteiger partial charge is 0.195 e. The maximum Gasteiger partial charge on any atom is 0.195 e. The normalized spacial score (nSPS) is 12.9. The first kappa shape index (κ1) is 18.1. The van der Waals surface area contributed by atoms with E-state index in [0.717, 1.165) is 44.0 Å². The Kier molecular flexibility index (Phi) is 6.29. The summed E-state index contributed by atoms with van der Waals surface area (Å²) in [5.74, 6) is 2.37. The fraction of sp³-hybridized carbons (Fsp3) is 0.733. The number of aromatic amines is 2. The molecule has 1 atom stereocenters. The molecule has 0 spiro atoms. The SMILES string of the molecule is CCCn1c(C(c2n[nH]c(=S)n2CCC)C(C)CC)n[nH]c1=S. The van der Waals surface area contributed by atoms with E-state index in [1.54, 1.807) is 0 Å². The first-order chi connectivity index (χ1) is 11.0. The number of rotatable bonds is 8. The topological polar surface area (TPSA) is 67.2 Å². The van der Waals surface area contributed by atoms with Crippen LogP contribution in [0.4, 0.5) is 0 Å². The Morgan fingerprint density at radius 1 is 0.913 bits per heavy atom. The number of hydrogen-bond acceptors (Lipinski definition) is 4. The summed E-state index contributed by atoms with van der Waals surface area (Å²) in [6, 6.07) is 0. The molecule has 0 aliphatic heterocycles. The standard InChI is InChI=1S/C15H26N6S2/c1-5-8-20-12(16-18-14(20)22)11(10(4)7-3)13-17-19-15(23)21(13)9-6-2/h10-11H,5-9H2,1-4H3,(H,18,22)(H,19,23). The Labute approximate surface area is 147 Å². The monoisotopic (exact) mass is 354 g/mol. The van der Waals surface area contributed by atoms with Gasteiger partial charge in [0.15, 0.2) is 9.54 Å². The Hall–Kier alpha value is -1.28. The van der Waals surface area contributed by atoms with Crippen molar-refractivity contribution in [1.29, 1.82) is 0 Å². The highest BCUT2D eigenvalue weighted by atomic mass is 32.1. The summed E-state index contributed by atoms with van der Waals surface area (Å²) in [5, 5.41) is 15.0. The van der Waals surface area contributed by atoms with Crippen molar-refractivity contribution < 1.29 is 0 Å². The highest BCUT2D eigenvalue weighted by molar-refractivity contribution is 7.71. The van der Waals surface area contributed by atoms with E-state index in [1.807, 2.05) is 0 Å². The third-order valence-corrected chi connectivity index (χ3v) is 4.86. The number of H-pyrrole nitrogens is 2. The van der Waals surface area contributed by atoms with Crippen molar-refractivity contribution in [3.63, 3.8) is 0 Å². The molecule has 1 unspecified atom stereocenters. The Morgan fingerprint density at radius 2 is 1.35 bits per heavy atom. The van der Waals surface area contributed by atoms with Gasteiger partial charge in [-0.2, -0.15) is 10.2 Å². The molecule has 2 aromatic heterocycles. The maximum atomic E-state index is 5.41. The second kappa shape index (κ2) is 8.01. The zero-order valence-electron chi connectivity index (χ0n) is 14.3. The molecule has 0 bridgehead atoms. The van der Waals surface area contributed by atoms with Crippen LogP contribution in [0.15, 0.2) is 0 Å². The average molecular weight is 355 g/mol. The van der Waals surface area contributed by atoms with E-state index in [2.05, 4.69) is 57.2 Å². The highest BCUT2D eigenvalue weighted by Crippen LogP contribution is 2.32. The number of nitrogens with zero attached hydrogens (tertiary/aromatic N) is 4. The Morgan fingerprint density at radius 3 is 1.70 bits per heavy atom. The summed E-state index contributed by atoms with van der Waals surface area (Å²) in [4.78, 5) is 0. The third kappa shape index (κ3) is 3.63. The van der Waals surface area contributed by atoms with Crippen LogP contribution in [-0.2, 0) is 13.1 Å². The van der Waals surface area contributed by atoms with Crippen LogP contribution in [0.5, 0.6) is 0 Å². The summed E-state index contributed by atoms with van der Waals surface area (Å²) in [5.41, 5.74) is 0. The van der Waals surface area contributed by atoms with Crippen molar-refractivity contribution in [2.75, 3.05) is 0 Å². The lowest BCUT2D eigenvalue weighted by molar-refractivity contribution is 0.424. The van der Waals surface area contributed by atoms with Crippen LogP contribution in [0.25, 0.3) is 0 Å². The van der Waals surface area contributed by atoms with Gasteiger partial charge in [0.25, 0.3) is 0 Å². The van der Waals surface area contributed by atoms with Crippen molar-refractivity contribution >= 4 is 24.4 Å². The third-order valence-electron chi connectivity index (χ3n) is 4.24. The van der Waals surface area contributed by atoms with Crippen LogP contribution in [0, 0.1) is 15.5 Å². The molecule has 2 rings (SSSR count). The molecule has 0 fully saturated rings. The fourth-order valence-electron chi connectivity index (χ4n) is 2.87. The lowest BCUT2D eigenvalue weighted by atomic mass is 9.90. The van der Waals surface area contributed by atoms with Crippen molar-refractivity contribution in [2.24, 2.45) is 5.92 Å². The van der Waals surface area contributed by atoms with E-state index < -0.39 is 0 Å². The summed E-state index contributed by atoms with van der Waals surface area (Å²) < 4.78 is 5.54. The number of nitrogens with one attached hydrogen (secondary N) is 2. The second-order valence-corrected chi connectivity index (χ2v) is 6.71. The molecule has 0 aromatic carbocycles. The van der Waals surface area contributed by atoms with Gasteiger partial charge in [0.05, 0.1) is 5.92 Å². The van der Waals surface area contributed by atoms with Crippen LogP contribution in [0.1, 0.15) is 64.5 Å². The fourth-order valence-corrected chi connectivity index (χ4v) is 3.34. The van der Waals surface area contributed by atoms with Crippen LogP contribution in [0.3, 0.4) is 0 Å². The van der Waals surface area contributed by atoms with Gasteiger partial charge in [0.2, 0.25) is 0 Å². The van der Waals surface area contributed by atoms with Crippen molar-refractivity contribution in [3.05, 3.63) is 21.2 Å². The van der Waals surface area contributed by atoms with E-state index >= 15 is 0 Å². The van der Waals surface area contributed by atoms with Crippen LogP contribution in [-0.4, -0.2) is 29.5 Å². The molecule has 2 N–H and O–H groups in total. The van der Waals surface area contributed by atoms with E-state index in [0.29, 0.717) is 15.5 Å². The minimum atomic E-state index is 0.0685. The summed E-state index contributed by atoms with van der Waals surface area (Å²) in [6.45, 7) is 10.4. The predicted octanol–water partition coefficient (Wildman–Crippen LogP) is 4.19. The highest BCUT2D eigenvalue weighted by Gasteiger charge is 2.30. The lowest BCUT2D eigenvalue weighted by Gasteiger charge is -2.23. The molecule has 8 heteroatoms. The van der Waals surface area contributed by atoms with Crippen molar-refractivity contribution in [1.82, 2.24) is 29.5 Å². The maximum absolute atomic E-state index is 5.41. The van der Waals surface area contributed by atoms with Gasteiger partial charge < -0.3 is 9.13 Å². The zero-order chi connectivity index (χ0) is 17.0. The first-order valence-electron chi connectivity index (χ1n) is 8.35. The van der Waals surface area contributed by atoms with Gasteiger partial charge >= 0.3 is 0 Å². The van der Waals surface area contributed by atoms with Crippen molar-refractivity contribution in [3.8, 4) is 0 Å². The lowest BCUT2D eigenvalue weighted by Crippen LogP contribution is -2.21. The van der Waals surface area contributed by atoms with Crippen LogP contribution >= 0.6 is 24.4 Å². The van der Waals surface area contributed by atoms with E-state index in [4.69, 9.17) is 24.4 Å². The molecule has 23 heavy (non-hydrogen) atoms. The molecular formula is C15H26N6S2. The summed E-state index contributed by atoms with van der Waals surface area (Å²) in [6.07, 6.45) is 3.05. The largest absolute Gasteiger partial charge is 0.304 e. The minimum absolute atomic E-state index is 0.0685. The quantitative estimate of drug-likeness (QED) is 0.698. The molecular weight excluding hydrogens is 328 g/mol. The van der Waals surface area contributed by atoms with E-state index in [-0.39, 0.29) is 5.92 Å². The van der Waals surface area contributed by atoms with Crippen LogP contribution < -0.4 is 0 Å². The van der Waals surface area contributed by atoms with Gasteiger partial charge in [0, 0.05) is 13.1 Å². The molecule has 0 aliphatic carbocycles. The molecule has 128 valence electrons. The van der Waals surface area contributed by atoms with E-state index in [9.17, 15) is 0 Å². The molecule has 0 radical (unpaired) electrons. The summed E-state index contributed by atoms with van der Waals surface area (Å²) in [7, 11) is 0. The molecule has 2 heterocycles. The van der Waals surface area contributed by atoms with Gasteiger partial charge in [-0.3, -0.25) is 10.2 Å². The second-order valence-electron chi connectivity index (χ2n) is 5.94. The van der Waals surface area contributed by atoms with Gasteiger partial charge in [0.1, 0.15) is 11.6 Å². The van der Waals surface area contributed by atoms with Gasteiger partial charge in [-0.25, -0.2) is 0 Å². The summed E-state index contributed by atoms with van der Waals surface area (Å²) >= 11 is 10.8. The zero-order valence-corrected chi connectivity index (χ0v) is 15.9. The number of hydrogen-bond donors (Lipinski definition) is 2. The first-order valence-corrected chi connectivity index (χ1v) is 9.16. The Balaban J connectivity index is 2.60.